The van der Waals surface area contributed by atoms with E-state index < -0.39 is 6.10 Å². The van der Waals surface area contributed by atoms with Crippen molar-refractivity contribution in [2.45, 2.75) is 6.10 Å². The van der Waals surface area contributed by atoms with E-state index in [1.54, 1.807) is 0 Å². The fourth-order valence-electron chi connectivity index (χ4n) is 2.13. The van der Waals surface area contributed by atoms with Gasteiger partial charge in [-0.3, -0.25) is 0 Å². The lowest BCUT2D eigenvalue weighted by Crippen LogP contribution is -2.13. The van der Waals surface area contributed by atoms with Gasteiger partial charge in [-0.05, 0) is 17.7 Å². The van der Waals surface area contributed by atoms with Crippen LogP contribution in [0.4, 0.5) is 5.82 Å². The first-order valence-corrected chi connectivity index (χ1v) is 6.51. The average Bonchev–Trinajstić information content (AvgIpc) is 2.53. The molecule has 0 saturated heterocycles. The molecule has 1 heterocycles. The van der Waals surface area contributed by atoms with Gasteiger partial charge in [-0.15, -0.1) is 0 Å². The first kappa shape index (κ1) is 12.6. The van der Waals surface area contributed by atoms with Crippen LogP contribution in [0.2, 0.25) is 0 Å². The Labute approximate surface area is 117 Å². The number of nitrogens with zero attached hydrogens (tertiary/aromatic N) is 2. The molecule has 2 aromatic carbocycles. The molecule has 0 aliphatic heterocycles. The van der Waals surface area contributed by atoms with E-state index in [4.69, 9.17) is 0 Å². The number of nitrogens with one attached hydrogen (secondary N) is 1. The molecule has 100 valence electrons. The van der Waals surface area contributed by atoms with E-state index in [2.05, 4.69) is 15.3 Å². The molecular weight excluding hydrogens is 250 g/mol. The van der Waals surface area contributed by atoms with Crippen molar-refractivity contribution in [3.05, 3.63) is 66.5 Å². The van der Waals surface area contributed by atoms with Crippen LogP contribution in [0, 0.1) is 0 Å². The van der Waals surface area contributed by atoms with E-state index in [1.807, 2.05) is 54.6 Å². The van der Waals surface area contributed by atoms with Crippen molar-refractivity contribution in [1.29, 1.82) is 0 Å². The predicted molar refractivity (Wildman–Crippen MR) is 79.4 cm³/mol. The topological polar surface area (TPSA) is 58.0 Å². The van der Waals surface area contributed by atoms with Crippen LogP contribution in [-0.2, 0) is 0 Å². The molecule has 0 fully saturated rings. The normalized spacial score (nSPS) is 12.2. The van der Waals surface area contributed by atoms with Gasteiger partial charge in [0.25, 0.3) is 0 Å². The van der Waals surface area contributed by atoms with Crippen LogP contribution < -0.4 is 5.32 Å². The maximum Gasteiger partial charge on any atom is 0.137 e. The maximum atomic E-state index is 10.1. The molecule has 0 aliphatic rings. The molecular formula is C16H15N3O. The highest BCUT2D eigenvalue weighted by Gasteiger charge is 2.08. The second-order valence-electron chi connectivity index (χ2n) is 4.55. The van der Waals surface area contributed by atoms with Gasteiger partial charge in [0.1, 0.15) is 12.1 Å². The molecule has 0 saturated carbocycles. The Balaban J connectivity index is 1.77. The van der Waals surface area contributed by atoms with Gasteiger partial charge in [-0.25, -0.2) is 9.97 Å². The van der Waals surface area contributed by atoms with Crippen molar-refractivity contribution in [2.75, 3.05) is 11.9 Å². The van der Waals surface area contributed by atoms with Crippen LogP contribution in [0.3, 0.4) is 0 Å². The Kier molecular flexibility index (Phi) is 3.56. The molecule has 0 spiro atoms. The maximum absolute atomic E-state index is 10.1. The van der Waals surface area contributed by atoms with E-state index in [0.29, 0.717) is 6.54 Å². The third-order valence-corrected chi connectivity index (χ3v) is 3.19. The molecule has 0 radical (unpaired) electrons. The van der Waals surface area contributed by atoms with E-state index in [9.17, 15) is 5.11 Å². The van der Waals surface area contributed by atoms with Crippen molar-refractivity contribution in [3.8, 4) is 0 Å². The van der Waals surface area contributed by atoms with Crippen LogP contribution in [-0.4, -0.2) is 21.6 Å². The fraction of sp³-hybridized carbons (Fsp3) is 0.125. The van der Waals surface area contributed by atoms with Gasteiger partial charge in [-0.1, -0.05) is 42.5 Å². The Morgan fingerprint density at radius 1 is 0.950 bits per heavy atom. The lowest BCUT2D eigenvalue weighted by Gasteiger charge is -2.13. The smallest absolute Gasteiger partial charge is 0.137 e. The van der Waals surface area contributed by atoms with Crippen molar-refractivity contribution in [3.63, 3.8) is 0 Å². The molecule has 4 nitrogen and oxygen atoms in total. The number of rotatable bonds is 4. The summed E-state index contributed by atoms with van der Waals surface area (Å²) in [5.74, 6) is 0.741. The third-order valence-electron chi connectivity index (χ3n) is 3.19. The number of aliphatic hydroxyl groups excluding tert-OH is 1. The quantitative estimate of drug-likeness (QED) is 0.761. The summed E-state index contributed by atoms with van der Waals surface area (Å²) >= 11 is 0. The number of benzene rings is 2. The average molecular weight is 265 g/mol. The molecule has 1 atom stereocenters. The summed E-state index contributed by atoms with van der Waals surface area (Å²) in [5, 5.41) is 14.3. The fourth-order valence-corrected chi connectivity index (χ4v) is 2.13. The lowest BCUT2D eigenvalue weighted by molar-refractivity contribution is 0.191. The summed E-state index contributed by atoms with van der Waals surface area (Å²) in [6, 6.07) is 17.4. The summed E-state index contributed by atoms with van der Waals surface area (Å²) in [4.78, 5) is 8.45. The molecule has 4 heteroatoms. The van der Waals surface area contributed by atoms with Crippen LogP contribution in [0.5, 0.6) is 0 Å². The molecule has 0 aliphatic carbocycles. The van der Waals surface area contributed by atoms with Crippen molar-refractivity contribution in [2.24, 2.45) is 0 Å². The SMILES string of the molecule is O[C@H](CNc1ncnc2ccccc12)c1ccccc1. The summed E-state index contributed by atoms with van der Waals surface area (Å²) in [6.45, 7) is 0.408. The largest absolute Gasteiger partial charge is 0.387 e. The number of anilines is 1. The first-order valence-electron chi connectivity index (χ1n) is 6.51. The standard InChI is InChI=1S/C16H15N3O/c20-15(12-6-2-1-3-7-12)10-17-16-13-8-4-5-9-14(13)18-11-19-16/h1-9,11,15,20H,10H2,(H,17,18,19)/t15-/m1/s1. The second-order valence-corrected chi connectivity index (χ2v) is 4.55. The van der Waals surface area contributed by atoms with Gasteiger partial charge in [-0.2, -0.15) is 0 Å². The highest BCUT2D eigenvalue weighted by atomic mass is 16.3. The molecule has 3 aromatic rings. The zero-order valence-electron chi connectivity index (χ0n) is 10.9. The van der Waals surface area contributed by atoms with Gasteiger partial charge in [0, 0.05) is 11.9 Å². The molecule has 0 bridgehead atoms. The van der Waals surface area contributed by atoms with Gasteiger partial charge in [0.2, 0.25) is 0 Å². The number of aromatic nitrogens is 2. The minimum absolute atomic E-state index is 0.408. The van der Waals surface area contributed by atoms with E-state index in [0.717, 1.165) is 22.3 Å². The van der Waals surface area contributed by atoms with Crippen LogP contribution in [0.1, 0.15) is 11.7 Å². The van der Waals surface area contributed by atoms with Gasteiger partial charge in [0.15, 0.2) is 0 Å². The van der Waals surface area contributed by atoms with Gasteiger partial charge in [0.05, 0.1) is 11.6 Å². The van der Waals surface area contributed by atoms with Crippen molar-refractivity contribution < 1.29 is 5.11 Å². The minimum atomic E-state index is -0.565. The Hall–Kier alpha value is -2.46. The number of para-hydroxylation sites is 1. The van der Waals surface area contributed by atoms with E-state index >= 15 is 0 Å². The van der Waals surface area contributed by atoms with Crippen LogP contribution in [0.25, 0.3) is 10.9 Å². The predicted octanol–water partition coefficient (Wildman–Crippen LogP) is 2.78. The molecule has 20 heavy (non-hydrogen) atoms. The summed E-state index contributed by atoms with van der Waals surface area (Å²) in [6.07, 6.45) is 0.962. The third kappa shape index (κ3) is 2.60. The van der Waals surface area contributed by atoms with Crippen molar-refractivity contribution >= 4 is 16.7 Å². The number of aliphatic hydroxyl groups is 1. The highest BCUT2D eigenvalue weighted by Crippen LogP contribution is 2.19. The summed E-state index contributed by atoms with van der Waals surface area (Å²) < 4.78 is 0. The molecule has 0 unspecified atom stereocenters. The summed E-state index contributed by atoms with van der Waals surface area (Å²) in [7, 11) is 0. The minimum Gasteiger partial charge on any atom is -0.387 e. The molecule has 3 rings (SSSR count). The van der Waals surface area contributed by atoms with Gasteiger partial charge < -0.3 is 10.4 Å². The lowest BCUT2D eigenvalue weighted by atomic mass is 10.1. The number of hydrogen-bond donors (Lipinski definition) is 2. The zero-order valence-corrected chi connectivity index (χ0v) is 10.9. The molecule has 2 N–H and O–H groups in total. The Morgan fingerprint density at radius 3 is 2.55 bits per heavy atom. The molecule has 1 aromatic heterocycles. The first-order chi connectivity index (χ1) is 9.84. The molecule has 0 amide bonds. The van der Waals surface area contributed by atoms with Gasteiger partial charge >= 0.3 is 0 Å². The zero-order chi connectivity index (χ0) is 13.8. The number of hydrogen-bond acceptors (Lipinski definition) is 4. The van der Waals surface area contributed by atoms with E-state index in [1.165, 1.54) is 6.33 Å². The Bertz CT molecular complexity index is 695. The van der Waals surface area contributed by atoms with Crippen molar-refractivity contribution in [1.82, 2.24) is 9.97 Å². The van der Waals surface area contributed by atoms with E-state index in [-0.39, 0.29) is 0 Å². The number of fused-ring (bicyclic) bond motifs is 1. The highest BCUT2D eigenvalue weighted by molar-refractivity contribution is 5.88. The Morgan fingerprint density at radius 2 is 1.70 bits per heavy atom. The van der Waals surface area contributed by atoms with Crippen LogP contribution in [0.15, 0.2) is 60.9 Å². The van der Waals surface area contributed by atoms with Crippen LogP contribution >= 0.6 is 0 Å². The second kappa shape index (κ2) is 5.67. The summed E-state index contributed by atoms with van der Waals surface area (Å²) in [5.41, 5.74) is 1.78. The monoisotopic (exact) mass is 265 g/mol.